The molecule has 1 amide bonds. The maximum absolute atomic E-state index is 12.9. The standard InChI is InChI=1S/C13H11FN2O3/c14-11-6-10(7-15-12(11)17)16-13(18)19-8-9-4-2-1-3-5-9/h1-7H,8H2,(H,15,17)(H,16,18). The lowest BCUT2D eigenvalue weighted by atomic mass is 10.2. The molecule has 0 aliphatic carbocycles. The molecule has 1 heterocycles. The molecule has 0 fully saturated rings. The topological polar surface area (TPSA) is 71.2 Å². The van der Waals surface area contributed by atoms with E-state index in [2.05, 4.69) is 10.3 Å². The SMILES string of the molecule is O=C(Nc1c[nH]c(=O)c(F)c1)OCc1ccccc1. The molecule has 0 saturated carbocycles. The number of rotatable bonds is 3. The van der Waals surface area contributed by atoms with Gasteiger partial charge < -0.3 is 9.72 Å². The molecule has 0 aliphatic rings. The Morgan fingerprint density at radius 1 is 1.32 bits per heavy atom. The third-order valence-corrected chi connectivity index (χ3v) is 2.32. The van der Waals surface area contributed by atoms with Gasteiger partial charge in [-0.05, 0) is 5.56 Å². The van der Waals surface area contributed by atoms with Gasteiger partial charge in [0.15, 0.2) is 5.82 Å². The fraction of sp³-hybridized carbons (Fsp3) is 0.0769. The van der Waals surface area contributed by atoms with Crippen molar-refractivity contribution in [3.63, 3.8) is 0 Å². The van der Waals surface area contributed by atoms with Crippen LogP contribution < -0.4 is 10.9 Å². The maximum atomic E-state index is 12.9. The number of hydrogen-bond donors (Lipinski definition) is 2. The van der Waals surface area contributed by atoms with Crippen LogP contribution in [0.5, 0.6) is 0 Å². The van der Waals surface area contributed by atoms with Crippen LogP contribution in [0.4, 0.5) is 14.9 Å². The van der Waals surface area contributed by atoms with E-state index in [9.17, 15) is 14.0 Å². The van der Waals surface area contributed by atoms with Gasteiger partial charge in [0.2, 0.25) is 0 Å². The Bertz CT molecular complexity index is 625. The van der Waals surface area contributed by atoms with E-state index in [-0.39, 0.29) is 12.3 Å². The van der Waals surface area contributed by atoms with E-state index < -0.39 is 17.5 Å². The normalized spacial score (nSPS) is 9.95. The first kappa shape index (κ1) is 12.8. The summed E-state index contributed by atoms with van der Waals surface area (Å²) < 4.78 is 17.9. The molecular formula is C13H11FN2O3. The molecule has 5 nitrogen and oxygen atoms in total. The van der Waals surface area contributed by atoms with E-state index >= 15 is 0 Å². The molecular weight excluding hydrogens is 251 g/mol. The quantitative estimate of drug-likeness (QED) is 0.891. The summed E-state index contributed by atoms with van der Waals surface area (Å²) in [5.74, 6) is -0.971. The molecule has 0 bridgehead atoms. The van der Waals surface area contributed by atoms with Crippen LogP contribution in [0.1, 0.15) is 5.56 Å². The summed E-state index contributed by atoms with van der Waals surface area (Å²) in [4.78, 5) is 24.4. The van der Waals surface area contributed by atoms with Gasteiger partial charge in [-0.3, -0.25) is 10.1 Å². The van der Waals surface area contributed by atoms with Crippen LogP contribution in [0.3, 0.4) is 0 Å². The minimum atomic E-state index is -0.971. The molecule has 2 aromatic rings. The number of pyridine rings is 1. The van der Waals surface area contributed by atoms with Crippen molar-refractivity contribution in [1.82, 2.24) is 4.98 Å². The number of aromatic amines is 1. The highest BCUT2D eigenvalue weighted by Crippen LogP contribution is 2.06. The van der Waals surface area contributed by atoms with Gasteiger partial charge in [0.1, 0.15) is 6.61 Å². The molecule has 1 aromatic carbocycles. The van der Waals surface area contributed by atoms with Gasteiger partial charge in [-0.2, -0.15) is 0 Å². The lowest BCUT2D eigenvalue weighted by molar-refractivity contribution is 0.155. The average Bonchev–Trinajstić information content (AvgIpc) is 2.42. The molecule has 98 valence electrons. The Hall–Kier alpha value is -2.63. The van der Waals surface area contributed by atoms with Crippen molar-refractivity contribution in [3.8, 4) is 0 Å². The van der Waals surface area contributed by atoms with Gasteiger partial charge in [0, 0.05) is 12.3 Å². The number of H-pyrrole nitrogens is 1. The summed E-state index contributed by atoms with van der Waals surface area (Å²) in [6, 6.07) is 10.1. The minimum Gasteiger partial charge on any atom is -0.444 e. The summed E-state index contributed by atoms with van der Waals surface area (Å²) in [7, 11) is 0. The van der Waals surface area contributed by atoms with E-state index in [0.29, 0.717) is 0 Å². The van der Waals surface area contributed by atoms with Gasteiger partial charge in [-0.1, -0.05) is 30.3 Å². The predicted octanol–water partition coefficient (Wildman–Crippen LogP) is 2.26. The number of benzene rings is 1. The highest BCUT2D eigenvalue weighted by atomic mass is 19.1. The van der Waals surface area contributed by atoms with Crippen molar-refractivity contribution in [3.05, 3.63) is 64.3 Å². The second-order valence-corrected chi connectivity index (χ2v) is 3.75. The summed E-state index contributed by atoms with van der Waals surface area (Å²) in [6.07, 6.45) is 0.463. The van der Waals surface area contributed by atoms with Crippen LogP contribution in [0, 0.1) is 5.82 Å². The number of carbonyl (C=O) groups excluding carboxylic acids is 1. The van der Waals surface area contributed by atoms with E-state index in [1.807, 2.05) is 30.3 Å². The summed E-state index contributed by atoms with van der Waals surface area (Å²) in [5.41, 5.74) is 0.115. The van der Waals surface area contributed by atoms with Crippen molar-refractivity contribution in [2.45, 2.75) is 6.61 Å². The largest absolute Gasteiger partial charge is 0.444 e. The second kappa shape index (κ2) is 5.81. The van der Waals surface area contributed by atoms with Crippen LogP contribution in [0.25, 0.3) is 0 Å². The molecule has 19 heavy (non-hydrogen) atoms. The first-order valence-electron chi connectivity index (χ1n) is 5.51. The van der Waals surface area contributed by atoms with Crippen molar-refractivity contribution >= 4 is 11.8 Å². The molecule has 1 aromatic heterocycles. The van der Waals surface area contributed by atoms with Gasteiger partial charge >= 0.3 is 6.09 Å². The Kier molecular flexibility index (Phi) is 3.92. The number of anilines is 1. The predicted molar refractivity (Wildman–Crippen MR) is 67.3 cm³/mol. The highest BCUT2D eigenvalue weighted by molar-refractivity contribution is 5.84. The van der Waals surface area contributed by atoms with Gasteiger partial charge in [-0.25, -0.2) is 9.18 Å². The smallest absolute Gasteiger partial charge is 0.412 e. The number of ether oxygens (including phenoxy) is 1. The summed E-state index contributed by atoms with van der Waals surface area (Å²) in [5, 5.41) is 2.31. The lowest BCUT2D eigenvalue weighted by Crippen LogP contribution is -2.16. The molecule has 0 unspecified atom stereocenters. The number of hydrogen-bond acceptors (Lipinski definition) is 3. The van der Waals surface area contributed by atoms with Gasteiger partial charge in [0.05, 0.1) is 5.69 Å². The summed E-state index contributed by atoms with van der Waals surface area (Å²) >= 11 is 0. The molecule has 0 saturated heterocycles. The molecule has 0 atom stereocenters. The molecule has 6 heteroatoms. The molecule has 2 N–H and O–H groups in total. The number of halogens is 1. The Morgan fingerprint density at radius 3 is 2.74 bits per heavy atom. The Balaban J connectivity index is 1.91. The van der Waals surface area contributed by atoms with Crippen molar-refractivity contribution in [2.24, 2.45) is 0 Å². The number of carbonyl (C=O) groups is 1. The number of aromatic nitrogens is 1. The third-order valence-electron chi connectivity index (χ3n) is 2.32. The van der Waals surface area contributed by atoms with Crippen LogP contribution >= 0.6 is 0 Å². The highest BCUT2D eigenvalue weighted by Gasteiger charge is 2.06. The van der Waals surface area contributed by atoms with Gasteiger partial charge in [-0.15, -0.1) is 0 Å². The molecule has 2 rings (SSSR count). The second-order valence-electron chi connectivity index (χ2n) is 3.75. The first-order valence-corrected chi connectivity index (χ1v) is 5.51. The third kappa shape index (κ3) is 3.67. The first-order chi connectivity index (χ1) is 9.15. The fourth-order valence-electron chi connectivity index (χ4n) is 1.41. The number of nitrogens with one attached hydrogen (secondary N) is 2. The summed E-state index contributed by atoms with van der Waals surface area (Å²) in [6.45, 7) is 0.110. The van der Waals surface area contributed by atoms with E-state index in [1.165, 1.54) is 6.20 Å². The zero-order valence-corrected chi connectivity index (χ0v) is 9.85. The minimum absolute atomic E-state index is 0.110. The Labute approximate surface area is 108 Å². The fourth-order valence-corrected chi connectivity index (χ4v) is 1.41. The van der Waals surface area contributed by atoms with Gasteiger partial charge in [0.25, 0.3) is 5.56 Å². The van der Waals surface area contributed by atoms with Crippen molar-refractivity contribution in [1.29, 1.82) is 0 Å². The lowest BCUT2D eigenvalue weighted by Gasteiger charge is -2.06. The van der Waals surface area contributed by atoms with Crippen LogP contribution in [0.2, 0.25) is 0 Å². The monoisotopic (exact) mass is 262 g/mol. The maximum Gasteiger partial charge on any atom is 0.412 e. The van der Waals surface area contributed by atoms with E-state index in [4.69, 9.17) is 4.74 Å². The van der Waals surface area contributed by atoms with Crippen molar-refractivity contribution in [2.75, 3.05) is 5.32 Å². The molecule has 0 aliphatic heterocycles. The van der Waals surface area contributed by atoms with Crippen LogP contribution in [-0.2, 0) is 11.3 Å². The van der Waals surface area contributed by atoms with Crippen molar-refractivity contribution < 1.29 is 13.9 Å². The molecule has 0 spiro atoms. The van der Waals surface area contributed by atoms with E-state index in [0.717, 1.165) is 11.6 Å². The van der Waals surface area contributed by atoms with E-state index in [1.54, 1.807) is 0 Å². The van der Waals surface area contributed by atoms with Crippen LogP contribution in [0.15, 0.2) is 47.4 Å². The molecule has 0 radical (unpaired) electrons. The zero-order chi connectivity index (χ0) is 13.7. The average molecular weight is 262 g/mol. The zero-order valence-electron chi connectivity index (χ0n) is 9.85. The van der Waals surface area contributed by atoms with Crippen LogP contribution in [-0.4, -0.2) is 11.1 Å². The Morgan fingerprint density at radius 2 is 2.05 bits per heavy atom. The number of amides is 1.